The number of carbonyl (C=O) groups excluding carboxylic acids is 1. The second-order valence-electron chi connectivity index (χ2n) is 10.3. The monoisotopic (exact) mass is 611 g/mol. The number of methoxy groups -OCH3 is 2. The van der Waals surface area contributed by atoms with Crippen LogP contribution in [0.5, 0.6) is 17.4 Å². The fourth-order valence-electron chi connectivity index (χ4n) is 4.61. The Morgan fingerprint density at radius 1 is 1.14 bits per heavy atom. The number of aliphatic hydroxyl groups is 1. The largest absolute Gasteiger partial charge is 0.493 e. The van der Waals surface area contributed by atoms with Gasteiger partial charge in [0.05, 0.1) is 38.3 Å². The Kier molecular flexibility index (Phi) is 9.91. The SMILES string of the molecule is COc1ccc(C#Cc2cnc3c(c2)C(=O)N([C@H](C)CO)C[C@H](C)[C@H](CN(C)S(=O)(=O)c2cccc(F)c2)O3)cc1OC. The highest BCUT2D eigenvalue weighted by molar-refractivity contribution is 7.89. The molecule has 1 amide bonds. The van der Waals surface area contributed by atoms with E-state index >= 15 is 0 Å². The molecule has 1 aromatic heterocycles. The lowest BCUT2D eigenvalue weighted by Gasteiger charge is -2.37. The van der Waals surface area contributed by atoms with Crippen LogP contribution in [-0.4, -0.2) is 86.7 Å². The van der Waals surface area contributed by atoms with Gasteiger partial charge in [-0.3, -0.25) is 4.79 Å². The molecule has 0 unspecified atom stereocenters. The maximum atomic E-state index is 13.8. The van der Waals surface area contributed by atoms with Crippen molar-refractivity contribution < 1.29 is 36.9 Å². The molecule has 10 nitrogen and oxygen atoms in total. The highest BCUT2D eigenvalue weighted by Crippen LogP contribution is 2.29. The molecule has 228 valence electrons. The number of nitrogens with zero attached hydrogens (tertiary/aromatic N) is 3. The summed E-state index contributed by atoms with van der Waals surface area (Å²) < 4.78 is 58.1. The van der Waals surface area contributed by atoms with E-state index in [0.29, 0.717) is 22.6 Å². The van der Waals surface area contributed by atoms with Gasteiger partial charge in [-0.2, -0.15) is 4.31 Å². The molecule has 12 heteroatoms. The van der Waals surface area contributed by atoms with Crippen molar-refractivity contribution in [3.63, 3.8) is 0 Å². The van der Waals surface area contributed by atoms with Gasteiger partial charge >= 0.3 is 0 Å². The maximum absolute atomic E-state index is 13.8. The molecule has 1 aliphatic heterocycles. The van der Waals surface area contributed by atoms with Crippen LogP contribution in [0.3, 0.4) is 0 Å². The summed E-state index contributed by atoms with van der Waals surface area (Å²) in [6.45, 7) is 3.35. The van der Waals surface area contributed by atoms with Crippen molar-refractivity contribution in [3.8, 4) is 29.2 Å². The summed E-state index contributed by atoms with van der Waals surface area (Å²) in [6, 6.07) is 11.0. The maximum Gasteiger partial charge on any atom is 0.259 e. The number of amides is 1. The van der Waals surface area contributed by atoms with Crippen molar-refractivity contribution >= 4 is 15.9 Å². The lowest BCUT2D eigenvalue weighted by Crippen LogP contribution is -2.50. The lowest BCUT2D eigenvalue weighted by molar-refractivity contribution is 0.0373. The fraction of sp³-hybridized carbons (Fsp3) is 0.355. The van der Waals surface area contributed by atoms with E-state index in [1.54, 1.807) is 38.3 Å². The lowest BCUT2D eigenvalue weighted by atomic mass is 10.0. The summed E-state index contributed by atoms with van der Waals surface area (Å²) in [4.78, 5) is 19.4. The third-order valence-electron chi connectivity index (χ3n) is 7.20. The number of hydrogen-bond donors (Lipinski definition) is 1. The molecular formula is C31H34FN3O7S. The summed E-state index contributed by atoms with van der Waals surface area (Å²) in [5.74, 6) is 5.72. The Balaban J connectivity index is 1.68. The number of carbonyl (C=O) groups is 1. The average Bonchev–Trinajstić information content (AvgIpc) is 3.01. The molecule has 1 N–H and O–H groups in total. The van der Waals surface area contributed by atoms with Crippen LogP contribution in [0.2, 0.25) is 0 Å². The van der Waals surface area contributed by atoms with Crippen LogP contribution in [0.4, 0.5) is 4.39 Å². The van der Waals surface area contributed by atoms with E-state index in [-0.39, 0.29) is 42.0 Å². The highest BCUT2D eigenvalue weighted by atomic mass is 32.2. The van der Waals surface area contributed by atoms with Gasteiger partial charge in [0.25, 0.3) is 5.91 Å². The summed E-state index contributed by atoms with van der Waals surface area (Å²) in [7, 11) is 0.414. The van der Waals surface area contributed by atoms with Crippen molar-refractivity contribution in [2.75, 3.05) is 41.0 Å². The quantitative estimate of drug-likeness (QED) is 0.386. The zero-order chi connectivity index (χ0) is 31.3. The van der Waals surface area contributed by atoms with Crippen molar-refractivity contribution in [1.82, 2.24) is 14.2 Å². The minimum Gasteiger partial charge on any atom is -0.493 e. The molecule has 0 aliphatic carbocycles. The van der Waals surface area contributed by atoms with E-state index in [9.17, 15) is 22.7 Å². The topological polar surface area (TPSA) is 118 Å². The minimum atomic E-state index is -4.04. The Morgan fingerprint density at radius 2 is 1.86 bits per heavy atom. The number of rotatable bonds is 8. The summed E-state index contributed by atoms with van der Waals surface area (Å²) in [5, 5.41) is 9.91. The fourth-order valence-corrected chi connectivity index (χ4v) is 5.82. The number of aromatic nitrogens is 1. The van der Waals surface area contributed by atoms with Crippen molar-refractivity contribution in [1.29, 1.82) is 0 Å². The van der Waals surface area contributed by atoms with Crippen LogP contribution in [0.25, 0.3) is 0 Å². The van der Waals surface area contributed by atoms with Crippen LogP contribution < -0.4 is 14.2 Å². The average molecular weight is 612 g/mol. The molecule has 2 heterocycles. The molecule has 0 saturated carbocycles. The number of likely N-dealkylation sites (N-methyl/N-ethyl adjacent to an activating group) is 1. The van der Waals surface area contributed by atoms with E-state index in [4.69, 9.17) is 14.2 Å². The van der Waals surface area contributed by atoms with Gasteiger partial charge in [-0.15, -0.1) is 0 Å². The third-order valence-corrected chi connectivity index (χ3v) is 9.02. The van der Waals surface area contributed by atoms with Crippen molar-refractivity contribution in [2.45, 2.75) is 30.9 Å². The molecule has 0 saturated heterocycles. The molecule has 0 spiro atoms. The van der Waals surface area contributed by atoms with Gasteiger partial charge < -0.3 is 24.2 Å². The van der Waals surface area contributed by atoms with Crippen molar-refractivity contribution in [2.24, 2.45) is 5.92 Å². The second-order valence-corrected chi connectivity index (χ2v) is 12.3. The van der Waals surface area contributed by atoms with Gasteiger partial charge in [0, 0.05) is 36.8 Å². The Bertz CT molecular complexity index is 1650. The van der Waals surface area contributed by atoms with E-state index in [1.807, 2.05) is 6.92 Å². The van der Waals surface area contributed by atoms with Crippen LogP contribution in [0.15, 0.2) is 59.6 Å². The normalized spacial score (nSPS) is 17.6. The highest BCUT2D eigenvalue weighted by Gasteiger charge is 2.36. The van der Waals surface area contributed by atoms with E-state index in [1.165, 1.54) is 43.5 Å². The number of halogens is 1. The first-order valence-corrected chi connectivity index (χ1v) is 15.0. The number of benzene rings is 2. The number of aliphatic hydroxyl groups excluding tert-OH is 1. The molecule has 2 aromatic carbocycles. The van der Waals surface area contributed by atoms with Crippen LogP contribution in [-0.2, 0) is 10.0 Å². The Morgan fingerprint density at radius 3 is 2.53 bits per heavy atom. The van der Waals surface area contributed by atoms with E-state index in [0.717, 1.165) is 10.4 Å². The van der Waals surface area contributed by atoms with Crippen LogP contribution in [0.1, 0.15) is 35.3 Å². The van der Waals surface area contributed by atoms with Crippen molar-refractivity contribution in [3.05, 3.63) is 77.2 Å². The summed E-state index contributed by atoms with van der Waals surface area (Å²) >= 11 is 0. The first-order chi connectivity index (χ1) is 20.5. The smallest absolute Gasteiger partial charge is 0.259 e. The predicted molar refractivity (Wildman–Crippen MR) is 157 cm³/mol. The first kappa shape index (κ1) is 31.7. The Labute approximate surface area is 251 Å². The molecule has 0 fully saturated rings. The molecule has 3 aromatic rings. The van der Waals surface area contributed by atoms with E-state index in [2.05, 4.69) is 16.8 Å². The molecule has 4 rings (SSSR count). The number of pyridine rings is 1. The second kappa shape index (κ2) is 13.4. The molecule has 3 atom stereocenters. The number of hydrogen-bond acceptors (Lipinski definition) is 8. The zero-order valence-electron chi connectivity index (χ0n) is 24.6. The first-order valence-electron chi connectivity index (χ1n) is 13.5. The van der Waals surface area contributed by atoms with Gasteiger partial charge in [-0.25, -0.2) is 17.8 Å². The number of fused-ring (bicyclic) bond motifs is 1. The van der Waals surface area contributed by atoms with Crippen LogP contribution in [0, 0.1) is 23.6 Å². The molecule has 0 radical (unpaired) electrons. The zero-order valence-corrected chi connectivity index (χ0v) is 25.4. The number of ether oxygens (including phenoxy) is 3. The van der Waals surface area contributed by atoms with Crippen LogP contribution >= 0.6 is 0 Å². The molecule has 43 heavy (non-hydrogen) atoms. The predicted octanol–water partition coefficient (Wildman–Crippen LogP) is 3.18. The minimum absolute atomic E-state index is 0.0184. The third kappa shape index (κ3) is 7.07. The summed E-state index contributed by atoms with van der Waals surface area (Å²) in [6.07, 6.45) is 0.737. The summed E-state index contributed by atoms with van der Waals surface area (Å²) in [5.41, 5.74) is 1.23. The molecular weight excluding hydrogens is 577 g/mol. The standard InChI is InChI=1S/C31H34FN3O7S/c1-20-17-35(21(2)19-36)31(37)26-13-23(10-9-22-11-12-27(40-4)28(14-22)41-5)16-33-30(26)42-29(20)18-34(3)43(38,39)25-8-6-7-24(32)15-25/h6-8,11-16,20-21,29,36H,17-19H2,1-5H3/t20-,21+,29-/m0/s1. The van der Waals surface area contributed by atoms with Gasteiger partial charge in [0.2, 0.25) is 15.9 Å². The van der Waals surface area contributed by atoms with E-state index < -0.39 is 33.9 Å². The Hall–Kier alpha value is -4.18. The molecule has 1 aliphatic rings. The number of sulfonamides is 1. The van der Waals surface area contributed by atoms with Gasteiger partial charge in [-0.1, -0.05) is 24.8 Å². The van der Waals surface area contributed by atoms with Gasteiger partial charge in [0.1, 0.15) is 17.5 Å². The van der Waals surface area contributed by atoms with Gasteiger partial charge in [-0.05, 0) is 49.4 Å². The molecule has 0 bridgehead atoms. The van der Waals surface area contributed by atoms with Gasteiger partial charge in [0.15, 0.2) is 11.5 Å².